The quantitative estimate of drug-likeness (QED) is 0.584. The minimum atomic E-state index is -0.0716. The van der Waals surface area contributed by atoms with Crippen LogP contribution in [0.25, 0.3) is 6.08 Å². The monoisotopic (exact) mass is 376 g/mol. The van der Waals surface area contributed by atoms with Gasteiger partial charge in [-0.3, -0.25) is 14.5 Å². The topological polar surface area (TPSA) is 49.9 Å². The van der Waals surface area contributed by atoms with Gasteiger partial charge in [-0.25, -0.2) is 0 Å². The Bertz CT molecular complexity index is 685. The molecule has 0 unspecified atom stereocenters. The average molecular weight is 377 g/mol. The van der Waals surface area contributed by atoms with Crippen molar-refractivity contribution in [3.8, 4) is 0 Å². The highest BCUT2D eigenvalue weighted by molar-refractivity contribution is 8.26. The third-order valence-electron chi connectivity index (χ3n) is 4.11. The van der Waals surface area contributed by atoms with Crippen molar-refractivity contribution in [2.75, 3.05) is 32.8 Å². The van der Waals surface area contributed by atoms with Crippen LogP contribution in [-0.2, 0) is 14.3 Å². The van der Waals surface area contributed by atoms with Gasteiger partial charge in [-0.2, -0.15) is 0 Å². The Kier molecular flexibility index (Phi) is 6.23. The maximum absolute atomic E-state index is 12.5. The number of hydrogen-bond donors (Lipinski definition) is 0. The van der Waals surface area contributed by atoms with E-state index in [4.69, 9.17) is 17.0 Å². The number of carbonyl (C=O) groups excluding carboxylic acids is 2. The van der Waals surface area contributed by atoms with Crippen molar-refractivity contribution in [2.24, 2.45) is 0 Å². The molecule has 0 aromatic heterocycles. The molecule has 2 heterocycles. The minimum absolute atomic E-state index is 0.0716. The van der Waals surface area contributed by atoms with Crippen LogP contribution in [0.3, 0.4) is 0 Å². The van der Waals surface area contributed by atoms with Gasteiger partial charge in [-0.15, -0.1) is 0 Å². The van der Waals surface area contributed by atoms with Gasteiger partial charge in [0.15, 0.2) is 0 Å². The molecular formula is C18H20N2O3S2. The van der Waals surface area contributed by atoms with E-state index >= 15 is 0 Å². The lowest BCUT2D eigenvalue weighted by atomic mass is 10.2. The fraction of sp³-hybridized carbons (Fsp3) is 0.389. The van der Waals surface area contributed by atoms with Crippen molar-refractivity contribution in [1.82, 2.24) is 9.80 Å². The Balaban J connectivity index is 1.52. The highest BCUT2D eigenvalue weighted by Gasteiger charge is 2.31. The summed E-state index contributed by atoms with van der Waals surface area (Å²) in [6, 6.07) is 9.71. The van der Waals surface area contributed by atoms with Gasteiger partial charge < -0.3 is 9.64 Å². The molecule has 2 saturated heterocycles. The third kappa shape index (κ3) is 4.68. The number of rotatable bonds is 5. The van der Waals surface area contributed by atoms with E-state index in [0.29, 0.717) is 54.9 Å². The number of nitrogens with zero attached hydrogens (tertiary/aromatic N) is 2. The summed E-state index contributed by atoms with van der Waals surface area (Å²) < 4.78 is 5.81. The van der Waals surface area contributed by atoms with Gasteiger partial charge in [0.1, 0.15) is 4.32 Å². The fourth-order valence-electron chi connectivity index (χ4n) is 2.75. The van der Waals surface area contributed by atoms with E-state index in [0.717, 1.165) is 5.56 Å². The zero-order chi connectivity index (χ0) is 17.6. The van der Waals surface area contributed by atoms with Gasteiger partial charge in [0.25, 0.3) is 5.91 Å². The van der Waals surface area contributed by atoms with Gasteiger partial charge >= 0.3 is 0 Å². The number of ether oxygens (including phenoxy) is 1. The molecule has 0 saturated carbocycles. The van der Waals surface area contributed by atoms with Crippen LogP contribution in [0.2, 0.25) is 0 Å². The van der Waals surface area contributed by atoms with E-state index < -0.39 is 0 Å². The van der Waals surface area contributed by atoms with Gasteiger partial charge in [-0.05, 0) is 18.1 Å². The molecule has 0 radical (unpaired) electrons. The zero-order valence-electron chi connectivity index (χ0n) is 13.8. The summed E-state index contributed by atoms with van der Waals surface area (Å²) >= 11 is 6.65. The van der Waals surface area contributed by atoms with Crippen LogP contribution >= 0.6 is 24.0 Å². The minimum Gasteiger partial charge on any atom is -0.378 e. The molecule has 25 heavy (non-hydrogen) atoms. The number of carbonyl (C=O) groups is 2. The molecule has 0 aliphatic carbocycles. The van der Waals surface area contributed by atoms with E-state index in [2.05, 4.69) is 0 Å². The molecule has 2 fully saturated rings. The number of morpholine rings is 1. The largest absolute Gasteiger partial charge is 0.378 e. The summed E-state index contributed by atoms with van der Waals surface area (Å²) in [7, 11) is 0. The van der Waals surface area contributed by atoms with Crippen molar-refractivity contribution in [1.29, 1.82) is 0 Å². The van der Waals surface area contributed by atoms with Gasteiger partial charge in [0, 0.05) is 26.1 Å². The summed E-state index contributed by atoms with van der Waals surface area (Å²) in [5, 5.41) is 0. The molecule has 0 bridgehead atoms. The Labute approximate surface area is 157 Å². The molecule has 1 aromatic carbocycles. The lowest BCUT2D eigenvalue weighted by Crippen LogP contribution is -2.41. The normalized spacial score (nSPS) is 19.8. The Hall–Kier alpha value is -1.70. The Morgan fingerprint density at radius 2 is 1.96 bits per heavy atom. The molecular weight excluding hydrogens is 356 g/mol. The summed E-state index contributed by atoms with van der Waals surface area (Å²) in [5.74, 6) is 0.0474. The van der Waals surface area contributed by atoms with E-state index in [1.165, 1.54) is 11.8 Å². The molecule has 5 nitrogen and oxygen atoms in total. The standard InChI is InChI=1S/C18H20N2O3S2/c21-16(19-9-11-23-12-10-19)7-4-8-20-17(22)15(25-18(20)24)13-14-5-2-1-3-6-14/h1-3,5-6,13H,4,7-12H2. The molecule has 0 spiro atoms. The number of amides is 2. The molecule has 0 atom stereocenters. The first-order valence-corrected chi connectivity index (χ1v) is 9.53. The highest BCUT2D eigenvalue weighted by Crippen LogP contribution is 2.32. The molecule has 0 N–H and O–H groups in total. The van der Waals surface area contributed by atoms with Gasteiger partial charge in [0.05, 0.1) is 18.1 Å². The first kappa shape index (κ1) is 18.1. The van der Waals surface area contributed by atoms with Crippen LogP contribution in [0.5, 0.6) is 0 Å². The molecule has 2 aliphatic rings. The second-order valence-corrected chi connectivity index (χ2v) is 7.52. The second kappa shape index (κ2) is 8.60. The van der Waals surface area contributed by atoms with Crippen LogP contribution < -0.4 is 0 Å². The first-order valence-electron chi connectivity index (χ1n) is 8.31. The van der Waals surface area contributed by atoms with Crippen molar-refractivity contribution in [3.05, 3.63) is 40.8 Å². The van der Waals surface area contributed by atoms with Crippen LogP contribution in [0.4, 0.5) is 0 Å². The zero-order valence-corrected chi connectivity index (χ0v) is 15.5. The number of thiocarbonyl (C=S) groups is 1. The predicted molar refractivity (Wildman–Crippen MR) is 103 cm³/mol. The van der Waals surface area contributed by atoms with Crippen LogP contribution in [0.1, 0.15) is 18.4 Å². The van der Waals surface area contributed by atoms with Crippen LogP contribution in [-0.4, -0.2) is 58.8 Å². The Morgan fingerprint density at radius 3 is 2.68 bits per heavy atom. The molecule has 2 aliphatic heterocycles. The lowest BCUT2D eigenvalue weighted by molar-refractivity contribution is -0.135. The first-order chi connectivity index (χ1) is 12.1. The predicted octanol–water partition coefficient (Wildman–Crippen LogP) is 2.53. The van der Waals surface area contributed by atoms with Gasteiger partial charge in [-0.1, -0.05) is 54.3 Å². The summed E-state index contributed by atoms with van der Waals surface area (Å²) in [4.78, 5) is 28.7. The van der Waals surface area contributed by atoms with Gasteiger partial charge in [0.2, 0.25) is 5.91 Å². The van der Waals surface area contributed by atoms with E-state index in [1.54, 1.807) is 4.90 Å². The summed E-state index contributed by atoms with van der Waals surface area (Å²) in [5.41, 5.74) is 0.977. The fourth-order valence-corrected chi connectivity index (χ4v) is 4.06. The highest BCUT2D eigenvalue weighted by atomic mass is 32.2. The van der Waals surface area contributed by atoms with Crippen molar-refractivity contribution >= 4 is 46.2 Å². The maximum Gasteiger partial charge on any atom is 0.266 e. The molecule has 2 amide bonds. The lowest BCUT2D eigenvalue weighted by Gasteiger charge is -2.27. The summed E-state index contributed by atoms with van der Waals surface area (Å²) in [6.45, 7) is 2.99. The maximum atomic E-state index is 12.5. The van der Waals surface area contributed by atoms with Crippen molar-refractivity contribution < 1.29 is 14.3 Å². The smallest absolute Gasteiger partial charge is 0.266 e. The van der Waals surface area contributed by atoms with E-state index in [9.17, 15) is 9.59 Å². The summed E-state index contributed by atoms with van der Waals surface area (Å²) in [6.07, 6.45) is 2.90. The molecule has 7 heteroatoms. The molecule has 3 rings (SSSR count). The SMILES string of the molecule is O=C(CCCN1C(=O)C(=Cc2ccccc2)SC1=S)N1CCOCC1. The van der Waals surface area contributed by atoms with Crippen molar-refractivity contribution in [3.63, 3.8) is 0 Å². The number of benzene rings is 1. The van der Waals surface area contributed by atoms with E-state index in [1.807, 2.05) is 41.3 Å². The Morgan fingerprint density at radius 1 is 1.24 bits per heavy atom. The molecule has 132 valence electrons. The van der Waals surface area contributed by atoms with Crippen LogP contribution in [0, 0.1) is 0 Å². The van der Waals surface area contributed by atoms with Crippen LogP contribution in [0.15, 0.2) is 35.2 Å². The third-order valence-corrected chi connectivity index (χ3v) is 5.48. The van der Waals surface area contributed by atoms with E-state index in [-0.39, 0.29) is 11.8 Å². The number of thioether (sulfide) groups is 1. The number of hydrogen-bond acceptors (Lipinski definition) is 5. The second-order valence-electron chi connectivity index (χ2n) is 5.84. The van der Waals surface area contributed by atoms with Crippen molar-refractivity contribution in [2.45, 2.75) is 12.8 Å². The molecule has 1 aromatic rings. The average Bonchev–Trinajstić information content (AvgIpc) is 2.90.